The van der Waals surface area contributed by atoms with Crippen LogP contribution in [0.4, 0.5) is 4.79 Å². The molecule has 24 heavy (non-hydrogen) atoms. The van der Waals surface area contributed by atoms with E-state index >= 15 is 0 Å². The fourth-order valence-corrected chi connectivity index (χ4v) is 3.91. The minimum Gasteiger partial charge on any atom is -0.480 e. The van der Waals surface area contributed by atoms with Crippen molar-refractivity contribution in [1.29, 1.82) is 0 Å². The van der Waals surface area contributed by atoms with E-state index in [-0.39, 0.29) is 24.7 Å². The number of carboxylic acids is 1. The van der Waals surface area contributed by atoms with Crippen LogP contribution in [0.1, 0.15) is 40.0 Å². The smallest absolute Gasteiger partial charge is 0.317 e. The van der Waals surface area contributed by atoms with E-state index in [4.69, 9.17) is 5.11 Å². The van der Waals surface area contributed by atoms with E-state index < -0.39 is 5.97 Å². The lowest BCUT2D eigenvalue weighted by Crippen LogP contribution is -2.56. The van der Waals surface area contributed by atoms with Crippen molar-refractivity contribution in [3.8, 4) is 0 Å². The van der Waals surface area contributed by atoms with E-state index in [1.807, 2.05) is 16.7 Å². The Morgan fingerprint density at radius 2 is 1.71 bits per heavy atom. The molecule has 2 fully saturated rings. The largest absolute Gasteiger partial charge is 0.480 e. The van der Waals surface area contributed by atoms with Crippen molar-refractivity contribution in [1.82, 2.24) is 20.0 Å². The molecule has 0 bridgehead atoms. The van der Waals surface area contributed by atoms with Crippen molar-refractivity contribution < 1.29 is 14.7 Å². The van der Waals surface area contributed by atoms with Crippen LogP contribution in [0.25, 0.3) is 0 Å². The molecular weight excluding hydrogens is 308 g/mol. The summed E-state index contributed by atoms with van der Waals surface area (Å²) in [4.78, 5) is 29.6. The number of carbonyl (C=O) groups is 2. The van der Waals surface area contributed by atoms with Gasteiger partial charge in [0.15, 0.2) is 0 Å². The summed E-state index contributed by atoms with van der Waals surface area (Å²) < 4.78 is 0. The summed E-state index contributed by atoms with van der Waals surface area (Å²) in [6.07, 6.45) is 2.74. The number of amides is 2. The highest BCUT2D eigenvalue weighted by Gasteiger charge is 2.36. The zero-order valence-electron chi connectivity index (χ0n) is 15.2. The lowest BCUT2D eigenvalue weighted by Gasteiger charge is -2.42. The van der Waals surface area contributed by atoms with Gasteiger partial charge < -0.3 is 15.3 Å². The van der Waals surface area contributed by atoms with Crippen LogP contribution >= 0.6 is 0 Å². The molecule has 2 aliphatic rings. The van der Waals surface area contributed by atoms with Crippen molar-refractivity contribution >= 4 is 12.0 Å². The summed E-state index contributed by atoms with van der Waals surface area (Å²) >= 11 is 0. The number of nitrogens with zero attached hydrogens (tertiary/aromatic N) is 3. The topological polar surface area (TPSA) is 76.1 Å². The number of nitrogens with one attached hydrogen (secondary N) is 1. The number of hydrogen-bond donors (Lipinski definition) is 2. The Kier molecular flexibility index (Phi) is 6.86. The second-order valence-electron chi connectivity index (χ2n) is 6.84. The molecule has 1 atom stereocenters. The van der Waals surface area contributed by atoms with Gasteiger partial charge in [0, 0.05) is 31.2 Å². The minimum absolute atomic E-state index is 0.0365. The van der Waals surface area contributed by atoms with Gasteiger partial charge in [0.25, 0.3) is 0 Å². The second-order valence-corrected chi connectivity index (χ2v) is 6.84. The molecule has 1 saturated carbocycles. The zero-order chi connectivity index (χ0) is 17.7. The van der Waals surface area contributed by atoms with Gasteiger partial charge >= 0.3 is 12.0 Å². The van der Waals surface area contributed by atoms with Crippen molar-refractivity contribution in [2.75, 3.05) is 39.3 Å². The molecule has 7 nitrogen and oxygen atoms in total. The molecule has 0 aromatic carbocycles. The van der Waals surface area contributed by atoms with Gasteiger partial charge in [0.2, 0.25) is 0 Å². The molecule has 2 N–H and O–H groups in total. The Morgan fingerprint density at radius 1 is 1.08 bits per heavy atom. The van der Waals surface area contributed by atoms with Crippen LogP contribution < -0.4 is 5.32 Å². The Balaban J connectivity index is 1.72. The van der Waals surface area contributed by atoms with Crippen LogP contribution in [-0.4, -0.2) is 89.2 Å². The van der Waals surface area contributed by atoms with E-state index in [9.17, 15) is 9.59 Å². The number of carbonyl (C=O) groups excluding carboxylic acids is 1. The molecule has 0 radical (unpaired) electrons. The van der Waals surface area contributed by atoms with Crippen molar-refractivity contribution in [2.24, 2.45) is 0 Å². The van der Waals surface area contributed by atoms with E-state index in [1.54, 1.807) is 0 Å². The molecule has 0 aromatic heterocycles. The van der Waals surface area contributed by atoms with Gasteiger partial charge in [-0.3, -0.25) is 14.6 Å². The summed E-state index contributed by atoms with van der Waals surface area (Å²) in [6.45, 7) is 10.8. The van der Waals surface area contributed by atoms with Crippen LogP contribution in [0.15, 0.2) is 0 Å². The molecule has 1 heterocycles. The Bertz CT molecular complexity index is 436. The minimum atomic E-state index is -0.788. The maximum absolute atomic E-state index is 12.4. The molecular formula is C17H32N4O3. The fraction of sp³-hybridized carbons (Fsp3) is 0.882. The van der Waals surface area contributed by atoms with E-state index in [2.05, 4.69) is 24.1 Å². The Labute approximate surface area is 145 Å². The summed E-state index contributed by atoms with van der Waals surface area (Å²) in [5, 5.41) is 12.0. The molecule has 1 unspecified atom stereocenters. The average Bonchev–Trinajstić information content (AvgIpc) is 2.99. The molecule has 1 aliphatic carbocycles. The Morgan fingerprint density at radius 3 is 2.25 bits per heavy atom. The van der Waals surface area contributed by atoms with E-state index in [0.717, 1.165) is 52.0 Å². The van der Waals surface area contributed by atoms with Gasteiger partial charge in [-0.15, -0.1) is 0 Å². The number of likely N-dealkylation sites (tertiary alicyclic amines) is 1. The van der Waals surface area contributed by atoms with Gasteiger partial charge in [-0.05, 0) is 38.9 Å². The first-order chi connectivity index (χ1) is 11.5. The highest BCUT2D eigenvalue weighted by Crippen LogP contribution is 2.26. The number of rotatable bonds is 8. The van der Waals surface area contributed by atoms with Crippen molar-refractivity contribution in [3.63, 3.8) is 0 Å². The Hall–Kier alpha value is -1.34. The predicted octanol–water partition coefficient (Wildman–Crippen LogP) is 1.05. The number of likely N-dealkylation sites (N-methyl/N-ethyl adjacent to an activating group) is 2. The normalized spacial score (nSPS) is 26.7. The number of aliphatic carboxylic acids is 1. The van der Waals surface area contributed by atoms with Crippen LogP contribution in [0.2, 0.25) is 0 Å². The van der Waals surface area contributed by atoms with E-state index in [0.29, 0.717) is 6.04 Å². The summed E-state index contributed by atoms with van der Waals surface area (Å²) in [5.74, 6) is -0.788. The quantitative estimate of drug-likeness (QED) is 0.691. The molecule has 0 spiro atoms. The van der Waals surface area contributed by atoms with Gasteiger partial charge in [-0.2, -0.15) is 0 Å². The highest BCUT2D eigenvalue weighted by atomic mass is 16.4. The second kappa shape index (κ2) is 8.67. The predicted molar refractivity (Wildman–Crippen MR) is 93.1 cm³/mol. The first-order valence-electron chi connectivity index (χ1n) is 9.23. The zero-order valence-corrected chi connectivity index (χ0v) is 15.2. The lowest BCUT2D eigenvalue weighted by atomic mass is 9.85. The maximum atomic E-state index is 12.4. The average molecular weight is 340 g/mol. The summed E-state index contributed by atoms with van der Waals surface area (Å²) in [6, 6.07) is 0.969. The third kappa shape index (κ3) is 4.60. The standard InChI is InChI=1S/C17H32N4O3/c1-4-19(5-2)14-7-8-21(11-14)17(24)18-13-9-15(10-13)20(6-3)12-16(22)23/h13-15H,4-12H2,1-3H3,(H,18,24)(H,22,23). The SMILES string of the molecule is CCN(CC)C1CCN(C(=O)NC2CC(N(CC)CC(=O)O)C2)C1. The number of hydrogen-bond acceptors (Lipinski definition) is 4. The van der Waals surface area contributed by atoms with Crippen molar-refractivity contribution in [2.45, 2.75) is 58.2 Å². The lowest BCUT2D eigenvalue weighted by molar-refractivity contribution is -0.139. The van der Waals surface area contributed by atoms with Gasteiger partial charge in [-0.25, -0.2) is 4.79 Å². The maximum Gasteiger partial charge on any atom is 0.317 e. The molecule has 2 amide bonds. The molecule has 7 heteroatoms. The van der Waals surface area contributed by atoms with Gasteiger partial charge in [0.1, 0.15) is 0 Å². The summed E-state index contributed by atoms with van der Waals surface area (Å²) in [5.41, 5.74) is 0. The van der Waals surface area contributed by atoms with Crippen LogP contribution in [0, 0.1) is 0 Å². The van der Waals surface area contributed by atoms with Crippen molar-refractivity contribution in [3.05, 3.63) is 0 Å². The van der Waals surface area contributed by atoms with E-state index in [1.165, 1.54) is 0 Å². The monoisotopic (exact) mass is 340 g/mol. The first-order valence-corrected chi connectivity index (χ1v) is 9.23. The third-order valence-corrected chi connectivity index (χ3v) is 5.48. The van der Waals surface area contributed by atoms with Gasteiger partial charge in [-0.1, -0.05) is 20.8 Å². The molecule has 2 rings (SSSR count). The van der Waals surface area contributed by atoms with Crippen LogP contribution in [-0.2, 0) is 4.79 Å². The molecule has 0 aromatic rings. The molecule has 1 saturated heterocycles. The first kappa shape index (κ1) is 19.0. The van der Waals surface area contributed by atoms with Crippen LogP contribution in [0.5, 0.6) is 0 Å². The number of urea groups is 1. The summed E-state index contributed by atoms with van der Waals surface area (Å²) in [7, 11) is 0. The van der Waals surface area contributed by atoms with Crippen LogP contribution in [0.3, 0.4) is 0 Å². The molecule has 138 valence electrons. The third-order valence-electron chi connectivity index (χ3n) is 5.48. The molecule has 1 aliphatic heterocycles. The fourth-order valence-electron chi connectivity index (χ4n) is 3.91. The van der Waals surface area contributed by atoms with Gasteiger partial charge in [0.05, 0.1) is 6.54 Å². The number of carboxylic acid groups (broad SMARTS) is 1. The highest BCUT2D eigenvalue weighted by molar-refractivity contribution is 5.75.